The van der Waals surface area contributed by atoms with Gasteiger partial charge >= 0.3 is 0 Å². The molecule has 0 aliphatic rings. The van der Waals surface area contributed by atoms with Gasteiger partial charge in [-0.05, 0) is 40.2 Å². The molecule has 0 amide bonds. The van der Waals surface area contributed by atoms with Crippen molar-refractivity contribution in [1.29, 1.82) is 0 Å². The maximum absolute atomic E-state index is 12.3. The van der Waals surface area contributed by atoms with E-state index in [1.54, 1.807) is 0 Å². The van der Waals surface area contributed by atoms with Crippen molar-refractivity contribution in [2.24, 2.45) is 0 Å². The molecular formula is C11H7Br2Cl2NO2S2. The Hall–Kier alpha value is 0.370. The van der Waals surface area contributed by atoms with Crippen LogP contribution >= 0.6 is 66.4 Å². The van der Waals surface area contributed by atoms with Gasteiger partial charge in [-0.3, -0.25) is 0 Å². The first-order valence-electron chi connectivity index (χ1n) is 5.18. The van der Waals surface area contributed by atoms with E-state index in [0.717, 1.165) is 8.66 Å². The van der Waals surface area contributed by atoms with Gasteiger partial charge in [-0.15, -0.1) is 11.3 Å². The van der Waals surface area contributed by atoms with E-state index in [1.165, 1.54) is 23.5 Å². The summed E-state index contributed by atoms with van der Waals surface area (Å²) in [4.78, 5) is 0.768. The molecule has 108 valence electrons. The Bertz CT molecular complexity index is 724. The predicted octanol–water partition coefficient (Wildman–Crippen LogP) is 5.06. The standard InChI is InChI=1S/C11H7Br2Cl2NO2S2/c12-6-3-8(14)11(9(15)4-6)20(17,18)16-5-7-1-2-10(13)19-7/h1-4,16H,5H2. The van der Waals surface area contributed by atoms with Crippen molar-refractivity contribution in [3.8, 4) is 0 Å². The molecule has 1 aromatic heterocycles. The van der Waals surface area contributed by atoms with Crippen molar-refractivity contribution in [2.75, 3.05) is 0 Å². The van der Waals surface area contributed by atoms with Crippen molar-refractivity contribution in [1.82, 2.24) is 4.72 Å². The Morgan fingerprint density at radius 3 is 2.25 bits per heavy atom. The van der Waals surface area contributed by atoms with E-state index >= 15 is 0 Å². The van der Waals surface area contributed by atoms with Gasteiger partial charge < -0.3 is 0 Å². The molecule has 1 aromatic carbocycles. The fourth-order valence-electron chi connectivity index (χ4n) is 1.47. The molecule has 0 bridgehead atoms. The maximum Gasteiger partial charge on any atom is 0.243 e. The molecule has 2 aromatic rings. The summed E-state index contributed by atoms with van der Waals surface area (Å²) < 4.78 is 28.6. The lowest BCUT2D eigenvalue weighted by Gasteiger charge is -2.10. The second kappa shape index (κ2) is 6.64. The Morgan fingerprint density at radius 1 is 1.15 bits per heavy atom. The highest BCUT2D eigenvalue weighted by Crippen LogP contribution is 2.33. The van der Waals surface area contributed by atoms with Crippen molar-refractivity contribution in [3.63, 3.8) is 0 Å². The number of nitrogens with one attached hydrogen (secondary N) is 1. The molecule has 0 saturated heterocycles. The number of hydrogen-bond acceptors (Lipinski definition) is 3. The third-order valence-corrected chi connectivity index (χ3v) is 6.70. The van der Waals surface area contributed by atoms with Crippen LogP contribution in [0.25, 0.3) is 0 Å². The van der Waals surface area contributed by atoms with Crippen LogP contribution in [0.4, 0.5) is 0 Å². The molecule has 0 spiro atoms. The summed E-state index contributed by atoms with van der Waals surface area (Å²) in [5.41, 5.74) is 0. The summed E-state index contributed by atoms with van der Waals surface area (Å²) in [7, 11) is -3.77. The number of benzene rings is 1. The van der Waals surface area contributed by atoms with Gasteiger partial charge in [0, 0.05) is 15.9 Å². The van der Waals surface area contributed by atoms with Crippen molar-refractivity contribution < 1.29 is 8.42 Å². The first-order valence-corrected chi connectivity index (χ1v) is 9.82. The number of hydrogen-bond donors (Lipinski definition) is 1. The quantitative estimate of drug-likeness (QED) is 0.666. The summed E-state index contributed by atoms with van der Waals surface area (Å²) in [6.07, 6.45) is 0. The molecule has 3 nitrogen and oxygen atoms in total. The van der Waals surface area contributed by atoms with Gasteiger partial charge in [-0.25, -0.2) is 13.1 Å². The average molecular weight is 480 g/mol. The van der Waals surface area contributed by atoms with Crippen LogP contribution in [0.15, 0.2) is 37.4 Å². The van der Waals surface area contributed by atoms with Gasteiger partial charge in [0.25, 0.3) is 0 Å². The minimum absolute atomic E-state index is 0.0734. The molecule has 0 unspecified atom stereocenters. The van der Waals surface area contributed by atoms with E-state index in [1.807, 2.05) is 12.1 Å². The summed E-state index contributed by atoms with van der Waals surface area (Å²) in [6.45, 7) is 0.182. The number of halogens is 4. The average Bonchev–Trinajstić information content (AvgIpc) is 2.71. The van der Waals surface area contributed by atoms with Gasteiger partial charge in [-0.2, -0.15) is 0 Å². The molecule has 1 N–H and O–H groups in total. The van der Waals surface area contributed by atoms with E-state index < -0.39 is 10.0 Å². The molecule has 0 aliphatic carbocycles. The van der Waals surface area contributed by atoms with E-state index in [9.17, 15) is 8.42 Å². The predicted molar refractivity (Wildman–Crippen MR) is 90.2 cm³/mol. The molecule has 0 aliphatic heterocycles. The third kappa shape index (κ3) is 3.97. The zero-order valence-corrected chi connectivity index (χ0v) is 16.0. The minimum Gasteiger partial charge on any atom is -0.207 e. The lowest BCUT2D eigenvalue weighted by molar-refractivity contribution is 0.582. The molecule has 0 radical (unpaired) electrons. The second-order valence-corrected chi connectivity index (χ2v) is 9.71. The van der Waals surface area contributed by atoms with E-state index in [-0.39, 0.29) is 21.5 Å². The van der Waals surface area contributed by atoms with Gasteiger partial charge in [0.1, 0.15) is 4.90 Å². The third-order valence-electron chi connectivity index (χ3n) is 2.30. The van der Waals surface area contributed by atoms with Gasteiger partial charge in [0.2, 0.25) is 10.0 Å². The molecule has 1 heterocycles. The van der Waals surface area contributed by atoms with Crippen LogP contribution < -0.4 is 4.72 Å². The zero-order valence-electron chi connectivity index (χ0n) is 9.66. The van der Waals surface area contributed by atoms with Crippen LogP contribution in [0.2, 0.25) is 10.0 Å². The highest BCUT2D eigenvalue weighted by Gasteiger charge is 2.22. The monoisotopic (exact) mass is 477 g/mol. The molecular weight excluding hydrogens is 473 g/mol. The zero-order chi connectivity index (χ0) is 14.9. The number of sulfonamides is 1. The van der Waals surface area contributed by atoms with E-state index in [0.29, 0.717) is 4.47 Å². The normalized spacial score (nSPS) is 11.8. The summed E-state index contributed by atoms with van der Waals surface area (Å²) >= 11 is 19.9. The van der Waals surface area contributed by atoms with Crippen molar-refractivity contribution in [3.05, 3.63) is 47.4 Å². The van der Waals surface area contributed by atoms with Crippen LogP contribution in [0.5, 0.6) is 0 Å². The largest absolute Gasteiger partial charge is 0.243 e. The summed E-state index contributed by atoms with van der Waals surface area (Å²) in [5, 5.41) is 0.147. The van der Waals surface area contributed by atoms with Crippen LogP contribution in [0, 0.1) is 0 Å². The van der Waals surface area contributed by atoms with Crippen LogP contribution in [0.3, 0.4) is 0 Å². The Balaban J connectivity index is 2.27. The van der Waals surface area contributed by atoms with E-state index in [4.69, 9.17) is 23.2 Å². The first-order chi connectivity index (χ1) is 9.29. The van der Waals surface area contributed by atoms with E-state index in [2.05, 4.69) is 36.6 Å². The number of thiophene rings is 1. The smallest absolute Gasteiger partial charge is 0.207 e. The van der Waals surface area contributed by atoms with Crippen LogP contribution in [-0.4, -0.2) is 8.42 Å². The van der Waals surface area contributed by atoms with Crippen LogP contribution in [-0.2, 0) is 16.6 Å². The molecule has 0 saturated carbocycles. The lowest BCUT2D eigenvalue weighted by Crippen LogP contribution is -2.23. The topological polar surface area (TPSA) is 46.2 Å². The highest BCUT2D eigenvalue weighted by atomic mass is 79.9. The molecule has 9 heteroatoms. The number of rotatable bonds is 4. The Morgan fingerprint density at radius 2 is 1.75 bits per heavy atom. The minimum atomic E-state index is -3.77. The molecule has 20 heavy (non-hydrogen) atoms. The van der Waals surface area contributed by atoms with Gasteiger partial charge in [0.05, 0.1) is 13.8 Å². The lowest BCUT2D eigenvalue weighted by atomic mass is 10.4. The fourth-order valence-corrected chi connectivity index (χ4v) is 5.92. The van der Waals surface area contributed by atoms with Crippen molar-refractivity contribution >= 4 is 76.4 Å². The highest BCUT2D eigenvalue weighted by molar-refractivity contribution is 9.11. The van der Waals surface area contributed by atoms with Crippen LogP contribution in [0.1, 0.15) is 4.88 Å². The first kappa shape index (κ1) is 16.7. The summed E-state index contributed by atoms with van der Waals surface area (Å²) in [5.74, 6) is 0. The molecule has 2 rings (SSSR count). The molecule has 0 fully saturated rings. The second-order valence-electron chi connectivity index (χ2n) is 3.73. The Kier molecular flexibility index (Phi) is 5.56. The Labute approximate surface area is 147 Å². The van der Waals surface area contributed by atoms with Gasteiger partial charge in [0.15, 0.2) is 0 Å². The molecule has 0 atom stereocenters. The fraction of sp³-hybridized carbons (Fsp3) is 0.0909. The maximum atomic E-state index is 12.3. The summed E-state index contributed by atoms with van der Waals surface area (Å²) in [6, 6.07) is 6.67. The SMILES string of the molecule is O=S(=O)(NCc1ccc(Br)s1)c1c(Cl)cc(Br)cc1Cl. The van der Waals surface area contributed by atoms with Crippen molar-refractivity contribution in [2.45, 2.75) is 11.4 Å². The van der Waals surface area contributed by atoms with Gasteiger partial charge in [-0.1, -0.05) is 39.1 Å².